The molecule has 0 bridgehead atoms. The van der Waals surface area contributed by atoms with Gasteiger partial charge in [0.2, 0.25) is 10.0 Å². The average Bonchev–Trinajstić information content (AvgIpc) is 2.52. The van der Waals surface area contributed by atoms with Crippen molar-refractivity contribution in [1.82, 2.24) is 4.72 Å². The van der Waals surface area contributed by atoms with E-state index < -0.39 is 15.8 Å². The SMILES string of the molecule is CC(C)(C)c1ccc(S(=O)(=O)NCC#Cc2ccccc2F)cc1. The van der Waals surface area contributed by atoms with Crippen LogP contribution in [0.4, 0.5) is 4.39 Å². The van der Waals surface area contributed by atoms with Crippen molar-refractivity contribution >= 4 is 10.0 Å². The largest absolute Gasteiger partial charge is 0.241 e. The Labute approximate surface area is 143 Å². The minimum absolute atomic E-state index is 0.0407. The number of rotatable bonds is 3. The first kappa shape index (κ1) is 18.2. The maximum Gasteiger partial charge on any atom is 0.241 e. The lowest BCUT2D eigenvalue weighted by molar-refractivity contribution is 0.581. The fourth-order valence-electron chi connectivity index (χ4n) is 2.05. The zero-order chi connectivity index (χ0) is 17.8. The van der Waals surface area contributed by atoms with Gasteiger partial charge in [-0.15, -0.1) is 0 Å². The molecule has 1 N–H and O–H groups in total. The summed E-state index contributed by atoms with van der Waals surface area (Å²) >= 11 is 0. The molecule has 0 unspecified atom stereocenters. The molecule has 0 fully saturated rings. The quantitative estimate of drug-likeness (QED) is 0.866. The van der Waals surface area contributed by atoms with E-state index in [1.165, 1.54) is 6.07 Å². The topological polar surface area (TPSA) is 46.2 Å². The molecular formula is C19H20FNO2S. The highest BCUT2D eigenvalue weighted by Crippen LogP contribution is 2.23. The first-order valence-electron chi connectivity index (χ1n) is 7.54. The third kappa shape index (κ3) is 4.67. The van der Waals surface area contributed by atoms with Crippen molar-refractivity contribution in [2.75, 3.05) is 6.54 Å². The Balaban J connectivity index is 2.06. The van der Waals surface area contributed by atoms with Crippen LogP contribution in [0.1, 0.15) is 31.9 Å². The molecular weight excluding hydrogens is 325 g/mol. The lowest BCUT2D eigenvalue weighted by atomic mass is 9.87. The van der Waals surface area contributed by atoms with Gasteiger partial charge in [0.25, 0.3) is 0 Å². The molecule has 2 aromatic carbocycles. The van der Waals surface area contributed by atoms with E-state index in [0.717, 1.165) is 5.56 Å². The summed E-state index contributed by atoms with van der Waals surface area (Å²) in [6, 6.07) is 12.9. The fraction of sp³-hybridized carbons (Fsp3) is 0.263. The highest BCUT2D eigenvalue weighted by Gasteiger charge is 2.16. The zero-order valence-corrected chi connectivity index (χ0v) is 14.7. The van der Waals surface area contributed by atoms with E-state index in [-0.39, 0.29) is 22.4 Å². The number of nitrogens with one attached hydrogen (secondary N) is 1. The first-order valence-corrected chi connectivity index (χ1v) is 9.02. The van der Waals surface area contributed by atoms with Crippen molar-refractivity contribution in [1.29, 1.82) is 0 Å². The van der Waals surface area contributed by atoms with Crippen molar-refractivity contribution in [3.63, 3.8) is 0 Å². The second kappa shape index (κ2) is 7.16. The van der Waals surface area contributed by atoms with Crippen LogP contribution in [0.15, 0.2) is 53.4 Å². The smallest absolute Gasteiger partial charge is 0.207 e. The molecule has 0 aliphatic heterocycles. The Bertz CT molecular complexity index is 870. The number of hydrogen-bond donors (Lipinski definition) is 1. The highest BCUT2D eigenvalue weighted by molar-refractivity contribution is 7.89. The first-order chi connectivity index (χ1) is 11.2. The number of halogens is 1. The predicted octanol–water partition coefficient (Wildman–Crippen LogP) is 3.45. The number of benzene rings is 2. The molecule has 126 valence electrons. The van der Waals surface area contributed by atoms with Crippen LogP contribution in [0.2, 0.25) is 0 Å². The van der Waals surface area contributed by atoms with Gasteiger partial charge in [0.15, 0.2) is 0 Å². The molecule has 0 saturated heterocycles. The van der Waals surface area contributed by atoms with E-state index in [9.17, 15) is 12.8 Å². The minimum Gasteiger partial charge on any atom is -0.207 e. The van der Waals surface area contributed by atoms with E-state index in [4.69, 9.17) is 0 Å². The third-order valence-electron chi connectivity index (χ3n) is 3.48. The second-order valence-corrected chi connectivity index (χ2v) is 8.15. The van der Waals surface area contributed by atoms with Crippen LogP contribution in [0.3, 0.4) is 0 Å². The van der Waals surface area contributed by atoms with Crippen molar-refractivity contribution in [2.45, 2.75) is 31.1 Å². The summed E-state index contributed by atoms with van der Waals surface area (Å²) in [7, 11) is -3.63. The van der Waals surface area contributed by atoms with Gasteiger partial charge in [-0.05, 0) is 35.2 Å². The van der Waals surface area contributed by atoms with Crippen molar-refractivity contribution in [2.24, 2.45) is 0 Å². The van der Waals surface area contributed by atoms with Crippen LogP contribution in [-0.4, -0.2) is 15.0 Å². The monoisotopic (exact) mass is 345 g/mol. The average molecular weight is 345 g/mol. The molecule has 0 spiro atoms. The summed E-state index contributed by atoms with van der Waals surface area (Å²) in [4.78, 5) is 0.184. The van der Waals surface area contributed by atoms with Gasteiger partial charge in [-0.25, -0.2) is 12.8 Å². The summed E-state index contributed by atoms with van der Waals surface area (Å²) in [5, 5.41) is 0. The van der Waals surface area contributed by atoms with Gasteiger partial charge >= 0.3 is 0 Å². The molecule has 2 rings (SSSR count). The van der Waals surface area contributed by atoms with E-state index in [0.29, 0.717) is 0 Å². The van der Waals surface area contributed by atoms with Crippen molar-refractivity contribution < 1.29 is 12.8 Å². The van der Waals surface area contributed by atoms with E-state index in [2.05, 4.69) is 37.3 Å². The summed E-state index contributed by atoms with van der Waals surface area (Å²) in [6.07, 6.45) is 0. The number of hydrogen-bond acceptors (Lipinski definition) is 2. The van der Waals surface area contributed by atoms with Crippen molar-refractivity contribution in [3.8, 4) is 11.8 Å². The second-order valence-electron chi connectivity index (χ2n) is 6.38. The Morgan fingerprint density at radius 3 is 2.25 bits per heavy atom. The van der Waals surface area contributed by atoms with Gasteiger partial charge in [0.05, 0.1) is 17.0 Å². The molecule has 0 atom stereocenters. The molecule has 0 saturated carbocycles. The number of sulfonamides is 1. The molecule has 5 heteroatoms. The van der Waals surface area contributed by atoms with Gasteiger partial charge in [-0.2, -0.15) is 4.72 Å². The summed E-state index contributed by atoms with van der Waals surface area (Å²) in [5.74, 6) is 4.81. The molecule has 3 nitrogen and oxygen atoms in total. The molecule has 0 aromatic heterocycles. The fourth-order valence-corrected chi connectivity index (χ4v) is 2.97. The molecule has 0 amide bonds. The summed E-state index contributed by atoms with van der Waals surface area (Å²) in [5.41, 5.74) is 1.26. The lowest BCUT2D eigenvalue weighted by Gasteiger charge is -2.19. The Hall–Kier alpha value is -2.16. The maximum absolute atomic E-state index is 13.4. The predicted molar refractivity (Wildman–Crippen MR) is 93.6 cm³/mol. The Morgan fingerprint density at radius 2 is 1.67 bits per heavy atom. The molecule has 0 radical (unpaired) electrons. The highest BCUT2D eigenvalue weighted by atomic mass is 32.2. The Morgan fingerprint density at radius 1 is 1.04 bits per heavy atom. The van der Waals surface area contributed by atoms with E-state index >= 15 is 0 Å². The standard InChI is InChI=1S/C19H20FNO2S/c1-19(2,3)16-10-12-17(13-11-16)24(22,23)21-14-6-8-15-7-4-5-9-18(15)20/h4-5,7,9-13,21H,14H2,1-3H3. The van der Waals surface area contributed by atoms with Crippen LogP contribution in [0, 0.1) is 17.7 Å². The Kier molecular flexibility index (Phi) is 5.43. The van der Waals surface area contributed by atoms with Gasteiger partial charge in [0.1, 0.15) is 5.82 Å². The van der Waals surface area contributed by atoms with Crippen LogP contribution >= 0.6 is 0 Å². The van der Waals surface area contributed by atoms with E-state index in [1.54, 1.807) is 42.5 Å². The maximum atomic E-state index is 13.4. The van der Waals surface area contributed by atoms with Crippen LogP contribution in [0.5, 0.6) is 0 Å². The molecule has 0 heterocycles. The van der Waals surface area contributed by atoms with Gasteiger partial charge in [-0.3, -0.25) is 0 Å². The van der Waals surface area contributed by atoms with Gasteiger partial charge < -0.3 is 0 Å². The normalized spacial score (nSPS) is 11.7. The molecule has 0 aliphatic rings. The minimum atomic E-state index is -3.63. The molecule has 0 aliphatic carbocycles. The molecule has 2 aromatic rings. The molecule has 24 heavy (non-hydrogen) atoms. The zero-order valence-electron chi connectivity index (χ0n) is 13.9. The summed E-state index contributed by atoms with van der Waals surface area (Å²) in [6.45, 7) is 6.10. The third-order valence-corrected chi connectivity index (χ3v) is 4.90. The lowest BCUT2D eigenvalue weighted by Crippen LogP contribution is -2.24. The van der Waals surface area contributed by atoms with Crippen LogP contribution in [0.25, 0.3) is 0 Å². The summed E-state index contributed by atoms with van der Waals surface area (Å²) < 4.78 is 40.2. The van der Waals surface area contributed by atoms with Gasteiger partial charge in [0, 0.05) is 0 Å². The van der Waals surface area contributed by atoms with Crippen LogP contribution < -0.4 is 4.72 Å². The van der Waals surface area contributed by atoms with E-state index in [1.807, 2.05) is 0 Å². The van der Waals surface area contributed by atoms with Crippen molar-refractivity contribution in [3.05, 3.63) is 65.5 Å². The van der Waals surface area contributed by atoms with Crippen LogP contribution in [-0.2, 0) is 15.4 Å². The van der Waals surface area contributed by atoms with Gasteiger partial charge in [-0.1, -0.05) is 56.9 Å².